The number of rotatable bonds is 5. The van der Waals surface area contributed by atoms with Crippen LogP contribution in [-0.4, -0.2) is 15.9 Å². The molecule has 3 nitrogen and oxygen atoms in total. The smallest absolute Gasteiger partial charge is 0.171 e. The zero-order chi connectivity index (χ0) is 13.7. The SMILES string of the molecule is CCc1ccc(CC(=O)C(O)c2ccccc2)nc1. The summed E-state index contributed by atoms with van der Waals surface area (Å²) < 4.78 is 0. The Bertz CT molecular complexity index is 534. The number of carbonyl (C=O) groups is 1. The van der Waals surface area contributed by atoms with E-state index in [1.807, 2.05) is 18.2 Å². The molecule has 98 valence electrons. The lowest BCUT2D eigenvalue weighted by Crippen LogP contribution is -2.15. The van der Waals surface area contributed by atoms with E-state index in [9.17, 15) is 9.90 Å². The van der Waals surface area contributed by atoms with Gasteiger partial charge in [-0.05, 0) is 23.6 Å². The molecule has 0 aliphatic rings. The third-order valence-corrected chi connectivity index (χ3v) is 3.07. The van der Waals surface area contributed by atoms with Crippen LogP contribution in [0.1, 0.15) is 29.8 Å². The highest BCUT2D eigenvalue weighted by atomic mass is 16.3. The fourth-order valence-electron chi connectivity index (χ4n) is 1.87. The average Bonchev–Trinajstić information content (AvgIpc) is 2.48. The fourth-order valence-corrected chi connectivity index (χ4v) is 1.87. The normalized spacial score (nSPS) is 12.1. The lowest BCUT2D eigenvalue weighted by atomic mass is 10.0. The molecule has 1 heterocycles. The van der Waals surface area contributed by atoms with Crippen molar-refractivity contribution in [1.82, 2.24) is 4.98 Å². The van der Waals surface area contributed by atoms with Gasteiger partial charge in [-0.2, -0.15) is 0 Å². The number of nitrogens with zero attached hydrogens (tertiary/aromatic N) is 1. The molecule has 2 rings (SSSR count). The molecule has 0 radical (unpaired) electrons. The minimum Gasteiger partial charge on any atom is -0.381 e. The molecule has 0 spiro atoms. The van der Waals surface area contributed by atoms with E-state index in [-0.39, 0.29) is 12.2 Å². The van der Waals surface area contributed by atoms with E-state index in [0.717, 1.165) is 12.0 Å². The molecule has 0 aliphatic carbocycles. The lowest BCUT2D eigenvalue weighted by Gasteiger charge is -2.09. The number of benzene rings is 1. The Kier molecular flexibility index (Phi) is 4.42. The number of ketones is 1. The van der Waals surface area contributed by atoms with Crippen molar-refractivity contribution in [2.45, 2.75) is 25.9 Å². The van der Waals surface area contributed by atoms with Crippen LogP contribution < -0.4 is 0 Å². The number of hydrogen-bond acceptors (Lipinski definition) is 3. The van der Waals surface area contributed by atoms with Gasteiger partial charge < -0.3 is 5.11 Å². The van der Waals surface area contributed by atoms with Crippen molar-refractivity contribution in [3.63, 3.8) is 0 Å². The number of aliphatic hydroxyl groups is 1. The van der Waals surface area contributed by atoms with Crippen molar-refractivity contribution in [2.24, 2.45) is 0 Å². The summed E-state index contributed by atoms with van der Waals surface area (Å²) in [5.74, 6) is -0.233. The van der Waals surface area contributed by atoms with Gasteiger partial charge in [0.25, 0.3) is 0 Å². The highest BCUT2D eigenvalue weighted by molar-refractivity contribution is 5.85. The fraction of sp³-hybridized carbons (Fsp3) is 0.250. The second-order valence-electron chi connectivity index (χ2n) is 4.47. The molecule has 0 bridgehead atoms. The lowest BCUT2D eigenvalue weighted by molar-refractivity contribution is -0.126. The first-order valence-corrected chi connectivity index (χ1v) is 6.40. The Morgan fingerprint density at radius 2 is 1.95 bits per heavy atom. The molecular weight excluding hydrogens is 238 g/mol. The summed E-state index contributed by atoms with van der Waals surface area (Å²) in [5, 5.41) is 9.97. The van der Waals surface area contributed by atoms with Crippen LogP contribution >= 0.6 is 0 Å². The Balaban J connectivity index is 2.04. The Hall–Kier alpha value is -2.00. The maximum atomic E-state index is 12.0. The minimum atomic E-state index is -1.08. The number of hydrogen-bond donors (Lipinski definition) is 1. The third-order valence-electron chi connectivity index (χ3n) is 3.07. The van der Waals surface area contributed by atoms with Gasteiger partial charge in [-0.25, -0.2) is 0 Å². The zero-order valence-corrected chi connectivity index (χ0v) is 10.9. The first-order chi connectivity index (χ1) is 9.20. The molecule has 1 N–H and O–H groups in total. The van der Waals surface area contributed by atoms with E-state index in [4.69, 9.17) is 0 Å². The minimum absolute atomic E-state index is 0.153. The largest absolute Gasteiger partial charge is 0.381 e. The molecular formula is C16H17NO2. The molecule has 19 heavy (non-hydrogen) atoms. The standard InChI is InChI=1S/C16H17NO2/c1-2-12-8-9-14(17-11-12)10-15(18)16(19)13-6-4-3-5-7-13/h3-9,11,16,19H,2,10H2,1H3. The molecule has 3 heteroatoms. The molecule has 0 amide bonds. The Morgan fingerprint density at radius 1 is 1.21 bits per heavy atom. The van der Waals surface area contributed by atoms with Crippen molar-refractivity contribution < 1.29 is 9.90 Å². The molecule has 1 unspecified atom stereocenters. The number of carbonyl (C=O) groups excluding carboxylic acids is 1. The van der Waals surface area contributed by atoms with Crippen LogP contribution in [0.25, 0.3) is 0 Å². The summed E-state index contributed by atoms with van der Waals surface area (Å²) in [7, 11) is 0. The van der Waals surface area contributed by atoms with Crippen LogP contribution in [0, 0.1) is 0 Å². The van der Waals surface area contributed by atoms with Crippen molar-refractivity contribution in [1.29, 1.82) is 0 Å². The summed E-state index contributed by atoms with van der Waals surface area (Å²) in [4.78, 5) is 16.2. The second-order valence-corrected chi connectivity index (χ2v) is 4.47. The molecule has 1 atom stereocenters. The van der Waals surface area contributed by atoms with E-state index in [1.54, 1.807) is 30.5 Å². The Morgan fingerprint density at radius 3 is 2.53 bits per heavy atom. The molecule has 0 fully saturated rings. The van der Waals surface area contributed by atoms with Gasteiger partial charge in [0.15, 0.2) is 5.78 Å². The Labute approximate surface area is 112 Å². The summed E-state index contributed by atoms with van der Waals surface area (Å²) >= 11 is 0. The van der Waals surface area contributed by atoms with E-state index in [2.05, 4.69) is 11.9 Å². The number of aromatic nitrogens is 1. The first-order valence-electron chi connectivity index (χ1n) is 6.40. The molecule has 1 aromatic carbocycles. The van der Waals surface area contributed by atoms with Crippen LogP contribution in [0.3, 0.4) is 0 Å². The van der Waals surface area contributed by atoms with Gasteiger partial charge >= 0.3 is 0 Å². The van der Waals surface area contributed by atoms with Gasteiger partial charge in [-0.1, -0.05) is 43.3 Å². The second kappa shape index (κ2) is 6.25. The van der Waals surface area contributed by atoms with E-state index in [0.29, 0.717) is 11.3 Å². The number of aryl methyl sites for hydroxylation is 1. The highest BCUT2D eigenvalue weighted by Gasteiger charge is 2.17. The maximum absolute atomic E-state index is 12.0. The van der Waals surface area contributed by atoms with Crippen molar-refractivity contribution in [3.05, 3.63) is 65.5 Å². The predicted octanol–water partition coefficient (Wildman–Crippen LogP) is 2.49. The summed E-state index contributed by atoms with van der Waals surface area (Å²) in [6.07, 6.45) is 1.78. The molecule has 0 saturated carbocycles. The van der Waals surface area contributed by atoms with Crippen molar-refractivity contribution >= 4 is 5.78 Å². The summed E-state index contributed by atoms with van der Waals surface area (Å²) in [5.41, 5.74) is 2.45. The maximum Gasteiger partial charge on any atom is 0.171 e. The van der Waals surface area contributed by atoms with Crippen LogP contribution in [0.4, 0.5) is 0 Å². The van der Waals surface area contributed by atoms with E-state index >= 15 is 0 Å². The first kappa shape index (κ1) is 13.4. The third kappa shape index (κ3) is 3.48. The summed E-state index contributed by atoms with van der Waals surface area (Å²) in [6, 6.07) is 12.8. The van der Waals surface area contributed by atoms with Gasteiger partial charge in [0.2, 0.25) is 0 Å². The number of pyridine rings is 1. The van der Waals surface area contributed by atoms with Gasteiger partial charge in [-0.3, -0.25) is 9.78 Å². The highest BCUT2D eigenvalue weighted by Crippen LogP contribution is 2.15. The molecule has 0 saturated heterocycles. The van der Waals surface area contributed by atoms with E-state index < -0.39 is 6.10 Å². The van der Waals surface area contributed by atoms with Gasteiger partial charge in [0.1, 0.15) is 6.10 Å². The molecule has 0 aliphatic heterocycles. The van der Waals surface area contributed by atoms with Crippen molar-refractivity contribution in [2.75, 3.05) is 0 Å². The van der Waals surface area contributed by atoms with Gasteiger partial charge in [-0.15, -0.1) is 0 Å². The van der Waals surface area contributed by atoms with Gasteiger partial charge in [0.05, 0.1) is 6.42 Å². The molecule has 2 aromatic rings. The zero-order valence-electron chi connectivity index (χ0n) is 10.9. The number of Topliss-reactive ketones (excluding diaryl/α,β-unsaturated/α-hetero) is 1. The van der Waals surface area contributed by atoms with Gasteiger partial charge in [0, 0.05) is 11.9 Å². The topological polar surface area (TPSA) is 50.2 Å². The molecule has 1 aromatic heterocycles. The predicted molar refractivity (Wildman–Crippen MR) is 73.7 cm³/mol. The van der Waals surface area contributed by atoms with E-state index in [1.165, 1.54) is 0 Å². The van der Waals surface area contributed by atoms with Crippen LogP contribution in [0.2, 0.25) is 0 Å². The monoisotopic (exact) mass is 255 g/mol. The average molecular weight is 255 g/mol. The van der Waals surface area contributed by atoms with Crippen LogP contribution in [0.5, 0.6) is 0 Å². The summed E-state index contributed by atoms with van der Waals surface area (Å²) in [6.45, 7) is 2.06. The van der Waals surface area contributed by atoms with Crippen molar-refractivity contribution in [3.8, 4) is 0 Å². The quantitative estimate of drug-likeness (QED) is 0.893. The van der Waals surface area contributed by atoms with Crippen LogP contribution in [0.15, 0.2) is 48.7 Å². The van der Waals surface area contributed by atoms with Crippen LogP contribution in [-0.2, 0) is 17.6 Å². The number of aliphatic hydroxyl groups excluding tert-OH is 1.